The molecule has 0 bridgehead atoms. The number of H-pyrrole nitrogens is 1. The van der Waals surface area contributed by atoms with Crippen molar-refractivity contribution < 1.29 is 28.7 Å². The Morgan fingerprint density at radius 2 is 1.25 bits per heavy atom. The summed E-state index contributed by atoms with van der Waals surface area (Å²) in [5.74, 6) is 1.65. The summed E-state index contributed by atoms with van der Waals surface area (Å²) in [5.41, 5.74) is 5.79. The van der Waals surface area contributed by atoms with Crippen LogP contribution in [0.1, 0.15) is 78.1 Å². The Hall–Kier alpha value is -5.48. The number of benzene rings is 2. The minimum absolute atomic E-state index is 0.114. The smallest absolute Gasteiger partial charge is 0.407 e. The van der Waals surface area contributed by atoms with Crippen molar-refractivity contribution in [2.24, 2.45) is 30.7 Å². The van der Waals surface area contributed by atoms with Crippen LogP contribution in [0.4, 0.5) is 9.59 Å². The molecule has 0 saturated carbocycles. The van der Waals surface area contributed by atoms with E-state index in [0.717, 1.165) is 67.4 Å². The lowest BCUT2D eigenvalue weighted by Gasteiger charge is -2.30. The highest BCUT2D eigenvalue weighted by Crippen LogP contribution is 2.44. The topological polar surface area (TPSA) is 164 Å². The molecule has 8 rings (SSSR count). The maximum absolute atomic E-state index is 13.9. The molecule has 61 heavy (non-hydrogen) atoms. The monoisotopic (exact) mass is 866 g/mol. The van der Waals surface area contributed by atoms with E-state index >= 15 is 0 Å². The van der Waals surface area contributed by atoms with Crippen molar-refractivity contribution in [1.29, 1.82) is 0 Å². The first-order valence-electron chi connectivity index (χ1n) is 20.9. The van der Waals surface area contributed by atoms with E-state index in [1.807, 2.05) is 44.5 Å². The first-order valence-corrected chi connectivity index (χ1v) is 22.6. The van der Waals surface area contributed by atoms with Crippen LogP contribution in [-0.4, -0.2) is 92.7 Å². The van der Waals surface area contributed by atoms with Gasteiger partial charge in [0.1, 0.15) is 23.7 Å². The van der Waals surface area contributed by atoms with Crippen molar-refractivity contribution in [1.82, 2.24) is 40.0 Å². The fourth-order valence-electron chi connectivity index (χ4n) is 8.96. The number of aryl methyl sites for hydroxylation is 1. The molecule has 2 fully saturated rings. The van der Waals surface area contributed by atoms with Gasteiger partial charge in [-0.3, -0.25) is 9.59 Å². The lowest BCUT2D eigenvalue weighted by Crippen LogP contribution is -2.51. The van der Waals surface area contributed by atoms with Crippen LogP contribution in [0.3, 0.4) is 0 Å². The molecule has 0 unspecified atom stereocenters. The van der Waals surface area contributed by atoms with E-state index in [9.17, 15) is 19.2 Å². The molecule has 14 nitrogen and oxygen atoms in total. The number of fused-ring (bicyclic) bond motifs is 3. The average molecular weight is 867 g/mol. The first kappa shape index (κ1) is 42.2. The van der Waals surface area contributed by atoms with Crippen molar-refractivity contribution in [3.05, 3.63) is 60.2 Å². The van der Waals surface area contributed by atoms with E-state index in [-0.39, 0.29) is 47.6 Å². The summed E-state index contributed by atoms with van der Waals surface area (Å²) >= 11 is 3.51. The van der Waals surface area contributed by atoms with Gasteiger partial charge in [0, 0.05) is 39.3 Å². The van der Waals surface area contributed by atoms with Crippen molar-refractivity contribution in [3.63, 3.8) is 0 Å². The van der Waals surface area contributed by atoms with Crippen LogP contribution in [0.25, 0.3) is 52.3 Å². The van der Waals surface area contributed by atoms with Crippen LogP contribution in [0.5, 0.6) is 0 Å². The summed E-state index contributed by atoms with van der Waals surface area (Å²) in [6, 6.07) is 15.3. The Labute approximate surface area is 363 Å². The fourth-order valence-corrected chi connectivity index (χ4v) is 11.3. The zero-order chi connectivity index (χ0) is 43.4. The van der Waals surface area contributed by atoms with Crippen LogP contribution >= 0.6 is 22.7 Å². The van der Waals surface area contributed by atoms with Gasteiger partial charge < -0.3 is 39.5 Å². The van der Waals surface area contributed by atoms with E-state index in [1.54, 1.807) is 22.7 Å². The van der Waals surface area contributed by atoms with Crippen LogP contribution in [0, 0.1) is 23.7 Å². The van der Waals surface area contributed by atoms with E-state index in [2.05, 4.69) is 82.6 Å². The molecule has 16 heteroatoms. The largest absolute Gasteiger partial charge is 0.453 e. The Morgan fingerprint density at radius 3 is 1.80 bits per heavy atom. The second kappa shape index (κ2) is 16.8. The average Bonchev–Trinajstić information content (AvgIpc) is 4.09. The molecule has 2 aliphatic rings. The minimum atomic E-state index is -0.700. The Balaban J connectivity index is 1.02. The predicted molar refractivity (Wildman–Crippen MR) is 239 cm³/mol. The Bertz CT molecular complexity index is 2610. The Kier molecular flexibility index (Phi) is 11.6. The van der Waals surface area contributed by atoms with Crippen molar-refractivity contribution >= 4 is 78.1 Å². The van der Waals surface area contributed by atoms with Gasteiger partial charge >= 0.3 is 12.2 Å². The summed E-state index contributed by atoms with van der Waals surface area (Å²) in [4.78, 5) is 71.6. The molecule has 322 valence electrons. The van der Waals surface area contributed by atoms with Crippen LogP contribution in [0.2, 0.25) is 0 Å². The SMILES string of the molecule is COC(=O)N[C@H](C(=O)N1C[C@@H](C)C[C@H]1c1nc2cc(-c3cc4sc(-c5ccc6nc([C@@H]7C[C@H](C)CN7C(=O)[C@@H](NC(=O)OC)C(C)C)n(C)c6c5)cc4s3)ccc2[nH]1)C(C)C. The van der Waals surface area contributed by atoms with Crippen LogP contribution in [0.15, 0.2) is 48.5 Å². The number of amides is 4. The number of imidazole rings is 2. The van der Waals surface area contributed by atoms with Gasteiger partial charge in [0.15, 0.2) is 0 Å². The summed E-state index contributed by atoms with van der Waals surface area (Å²) in [6.07, 6.45) is 0.318. The molecule has 0 radical (unpaired) electrons. The summed E-state index contributed by atoms with van der Waals surface area (Å²) in [7, 11) is 4.62. The summed E-state index contributed by atoms with van der Waals surface area (Å²) in [6.45, 7) is 13.1. The number of methoxy groups -OCH3 is 2. The highest BCUT2D eigenvalue weighted by molar-refractivity contribution is 7.31. The van der Waals surface area contributed by atoms with E-state index < -0.39 is 24.3 Å². The molecule has 6 heterocycles. The first-order chi connectivity index (χ1) is 29.1. The number of aromatic nitrogens is 4. The summed E-state index contributed by atoms with van der Waals surface area (Å²) in [5, 5.41) is 5.48. The number of alkyl carbamates (subject to hydrolysis) is 2. The van der Waals surface area contributed by atoms with Gasteiger partial charge in [0.25, 0.3) is 0 Å². The number of rotatable bonds is 10. The van der Waals surface area contributed by atoms with E-state index in [0.29, 0.717) is 13.1 Å². The number of carbonyl (C=O) groups is 4. The summed E-state index contributed by atoms with van der Waals surface area (Å²) < 4.78 is 14.1. The van der Waals surface area contributed by atoms with Crippen molar-refractivity contribution in [3.8, 4) is 20.9 Å². The lowest BCUT2D eigenvalue weighted by atomic mass is 10.0. The van der Waals surface area contributed by atoms with Crippen LogP contribution < -0.4 is 10.6 Å². The fraction of sp³-hybridized carbons (Fsp3) is 0.467. The molecule has 6 atom stereocenters. The number of hydrogen-bond donors (Lipinski definition) is 3. The maximum Gasteiger partial charge on any atom is 0.407 e. The molecule has 2 aromatic carbocycles. The molecule has 0 spiro atoms. The number of nitrogens with one attached hydrogen (secondary N) is 3. The van der Waals surface area contributed by atoms with Crippen molar-refractivity contribution in [2.45, 2.75) is 78.6 Å². The second-order valence-corrected chi connectivity index (χ2v) is 19.6. The molecule has 4 amide bonds. The number of thiophene rings is 2. The minimum Gasteiger partial charge on any atom is -0.453 e. The van der Waals surface area contributed by atoms with Gasteiger partial charge in [-0.15, -0.1) is 22.7 Å². The van der Waals surface area contributed by atoms with Gasteiger partial charge in [0.05, 0.1) is 48.4 Å². The highest BCUT2D eigenvalue weighted by Gasteiger charge is 2.42. The second-order valence-electron chi connectivity index (χ2n) is 17.4. The number of nitrogens with zero attached hydrogens (tertiary/aromatic N) is 5. The lowest BCUT2D eigenvalue weighted by molar-refractivity contribution is -0.136. The van der Waals surface area contributed by atoms with Gasteiger partial charge in [-0.1, -0.05) is 53.7 Å². The third-order valence-corrected chi connectivity index (χ3v) is 14.6. The van der Waals surface area contributed by atoms with Gasteiger partial charge in [-0.25, -0.2) is 19.6 Å². The quantitative estimate of drug-likeness (QED) is 0.123. The van der Waals surface area contributed by atoms with Gasteiger partial charge in [0.2, 0.25) is 11.8 Å². The standard InChI is InChI=1S/C45H54N8O6S2/c1-22(2)38(49-44(56)58-8)42(54)52-20-24(5)14-32(52)40-46-28-12-10-26(16-30(28)47-40)34-18-36-37(60-34)19-35(61-36)27-11-13-29-31(17-27)51(7)41(48-29)33-15-25(6)21-53(33)43(55)39(23(3)4)50-45(57)59-9/h10-13,16-19,22-25,32-33,38-39H,14-15,20-21H2,1-9H3,(H,46,47)(H,49,56)(H,50,57)/t24-,25-,32-,33-,38-,39-/m0/s1. The molecule has 6 aromatic rings. The van der Waals surface area contributed by atoms with Gasteiger partial charge in [-0.2, -0.15) is 0 Å². The molecule has 3 N–H and O–H groups in total. The third kappa shape index (κ3) is 8.07. The molecule has 2 saturated heterocycles. The molecule has 0 aliphatic carbocycles. The molecular weight excluding hydrogens is 813 g/mol. The third-order valence-electron chi connectivity index (χ3n) is 12.2. The number of aromatic amines is 1. The molecule has 2 aliphatic heterocycles. The molecular formula is C45H54N8O6S2. The van der Waals surface area contributed by atoms with Crippen LogP contribution in [-0.2, 0) is 26.1 Å². The predicted octanol–water partition coefficient (Wildman–Crippen LogP) is 8.64. The molecule has 4 aromatic heterocycles. The zero-order valence-corrected chi connectivity index (χ0v) is 37.7. The van der Waals surface area contributed by atoms with E-state index in [4.69, 9.17) is 19.4 Å². The number of carbonyl (C=O) groups excluding carboxylic acids is 4. The number of likely N-dealkylation sites (tertiary alicyclic amines) is 2. The van der Waals surface area contributed by atoms with E-state index in [1.165, 1.54) is 23.6 Å². The van der Waals surface area contributed by atoms with Crippen molar-refractivity contribution in [2.75, 3.05) is 27.3 Å². The number of ether oxygens (including phenoxy) is 2. The zero-order valence-electron chi connectivity index (χ0n) is 36.1. The Morgan fingerprint density at radius 1 is 0.721 bits per heavy atom. The number of hydrogen-bond acceptors (Lipinski definition) is 10. The highest BCUT2D eigenvalue weighted by atomic mass is 32.1. The maximum atomic E-state index is 13.9. The van der Waals surface area contributed by atoms with Gasteiger partial charge in [-0.05, 0) is 84.0 Å². The normalized spacial score (nSPS) is 20.3.